The third-order valence-corrected chi connectivity index (χ3v) is 2.63. The average Bonchev–Trinajstić information content (AvgIpc) is 2.59. The fourth-order valence-corrected chi connectivity index (χ4v) is 1.75. The van der Waals surface area contributed by atoms with E-state index < -0.39 is 0 Å². The van der Waals surface area contributed by atoms with Gasteiger partial charge >= 0.3 is 0 Å². The largest absolute Gasteiger partial charge is 0.326 e. The summed E-state index contributed by atoms with van der Waals surface area (Å²) in [7, 11) is 0. The number of benzene rings is 1. The number of H-pyrrole nitrogens is 1. The Morgan fingerprint density at radius 2 is 2.27 bits per heavy atom. The smallest absolute Gasteiger partial charge is 0.275 e. The quantitative estimate of drug-likeness (QED) is 0.864. The lowest BCUT2D eigenvalue weighted by Crippen LogP contribution is -2.18. The van der Waals surface area contributed by atoms with E-state index in [1.807, 2.05) is 24.3 Å². The first-order chi connectivity index (χ1) is 7.22. The van der Waals surface area contributed by atoms with Crippen molar-refractivity contribution in [3.8, 4) is 5.69 Å². The second kappa shape index (κ2) is 4.04. The SMILES string of the molecule is NCc1c[nH]n(-c2cccc(Br)c2)c1=O. The zero-order chi connectivity index (χ0) is 10.8. The van der Waals surface area contributed by atoms with Crippen molar-refractivity contribution in [1.82, 2.24) is 9.78 Å². The van der Waals surface area contributed by atoms with E-state index in [1.165, 1.54) is 4.68 Å². The zero-order valence-corrected chi connectivity index (χ0v) is 9.49. The number of rotatable bonds is 2. The predicted octanol–water partition coefficient (Wildman–Crippen LogP) is 1.39. The lowest BCUT2D eigenvalue weighted by Gasteiger charge is -2.01. The van der Waals surface area contributed by atoms with Crippen molar-refractivity contribution in [2.24, 2.45) is 5.73 Å². The molecule has 2 aromatic rings. The Labute approximate surface area is 94.8 Å². The van der Waals surface area contributed by atoms with Gasteiger partial charge in [0, 0.05) is 17.2 Å². The highest BCUT2D eigenvalue weighted by Crippen LogP contribution is 2.13. The molecule has 15 heavy (non-hydrogen) atoms. The van der Waals surface area contributed by atoms with Crippen LogP contribution in [0.4, 0.5) is 0 Å². The summed E-state index contributed by atoms with van der Waals surface area (Å²) in [5.41, 5.74) is 6.69. The molecule has 0 saturated heterocycles. The second-order valence-corrected chi connectivity index (χ2v) is 4.04. The Morgan fingerprint density at radius 3 is 2.87 bits per heavy atom. The van der Waals surface area contributed by atoms with Gasteiger partial charge < -0.3 is 5.73 Å². The summed E-state index contributed by atoms with van der Waals surface area (Å²) in [6.45, 7) is 0.246. The summed E-state index contributed by atoms with van der Waals surface area (Å²) >= 11 is 3.35. The maximum absolute atomic E-state index is 11.7. The van der Waals surface area contributed by atoms with E-state index in [0.717, 1.165) is 10.2 Å². The van der Waals surface area contributed by atoms with Crippen LogP contribution in [-0.2, 0) is 6.54 Å². The lowest BCUT2D eigenvalue weighted by molar-refractivity contribution is 0.845. The van der Waals surface area contributed by atoms with Crippen molar-refractivity contribution < 1.29 is 0 Å². The number of hydrogen-bond acceptors (Lipinski definition) is 2. The molecule has 1 heterocycles. The van der Waals surface area contributed by atoms with Crippen LogP contribution in [0.25, 0.3) is 5.69 Å². The van der Waals surface area contributed by atoms with Gasteiger partial charge in [0.1, 0.15) is 0 Å². The monoisotopic (exact) mass is 267 g/mol. The Morgan fingerprint density at radius 1 is 1.47 bits per heavy atom. The van der Waals surface area contributed by atoms with Gasteiger partial charge in [-0.15, -0.1) is 0 Å². The average molecular weight is 268 g/mol. The number of halogens is 1. The molecule has 4 nitrogen and oxygen atoms in total. The van der Waals surface area contributed by atoms with E-state index in [-0.39, 0.29) is 12.1 Å². The Balaban J connectivity index is 2.55. The molecule has 0 fully saturated rings. The van der Waals surface area contributed by atoms with E-state index in [1.54, 1.807) is 6.20 Å². The molecule has 1 aromatic heterocycles. The first kappa shape index (κ1) is 10.2. The molecule has 0 unspecified atom stereocenters. The molecule has 0 aliphatic carbocycles. The summed E-state index contributed by atoms with van der Waals surface area (Å²) < 4.78 is 2.39. The van der Waals surface area contributed by atoms with Crippen LogP contribution >= 0.6 is 15.9 Å². The molecule has 0 amide bonds. The molecular formula is C10H10BrN3O. The van der Waals surface area contributed by atoms with Crippen LogP contribution in [0.1, 0.15) is 5.56 Å². The number of aromatic nitrogens is 2. The van der Waals surface area contributed by atoms with Gasteiger partial charge in [-0.25, -0.2) is 4.68 Å². The van der Waals surface area contributed by atoms with Gasteiger partial charge in [0.2, 0.25) is 0 Å². The third-order valence-electron chi connectivity index (χ3n) is 2.13. The van der Waals surface area contributed by atoms with E-state index in [4.69, 9.17) is 5.73 Å². The van der Waals surface area contributed by atoms with Crippen LogP contribution in [0.3, 0.4) is 0 Å². The Kier molecular flexibility index (Phi) is 2.75. The van der Waals surface area contributed by atoms with E-state index in [2.05, 4.69) is 21.0 Å². The molecule has 1 aromatic carbocycles. The van der Waals surface area contributed by atoms with Gasteiger partial charge in [0.15, 0.2) is 0 Å². The molecule has 0 aliphatic rings. The highest BCUT2D eigenvalue weighted by Gasteiger charge is 2.05. The van der Waals surface area contributed by atoms with Gasteiger partial charge in [-0.3, -0.25) is 9.89 Å². The van der Waals surface area contributed by atoms with Crippen LogP contribution in [0.15, 0.2) is 39.7 Å². The highest BCUT2D eigenvalue weighted by atomic mass is 79.9. The number of aromatic amines is 1. The molecule has 3 N–H and O–H groups in total. The van der Waals surface area contributed by atoms with Gasteiger partial charge in [-0.1, -0.05) is 22.0 Å². The fourth-order valence-electron chi connectivity index (χ4n) is 1.36. The van der Waals surface area contributed by atoms with Gasteiger partial charge in [0.05, 0.1) is 11.3 Å². The molecule has 0 saturated carbocycles. The standard InChI is InChI=1S/C10H10BrN3O/c11-8-2-1-3-9(4-8)14-10(15)7(5-12)6-13-14/h1-4,6,13H,5,12H2. The van der Waals surface area contributed by atoms with Crippen molar-refractivity contribution >= 4 is 15.9 Å². The molecule has 0 bridgehead atoms. The van der Waals surface area contributed by atoms with Crippen molar-refractivity contribution in [2.45, 2.75) is 6.54 Å². The van der Waals surface area contributed by atoms with E-state index >= 15 is 0 Å². The minimum absolute atomic E-state index is 0.101. The molecular weight excluding hydrogens is 258 g/mol. The molecule has 0 spiro atoms. The van der Waals surface area contributed by atoms with Crippen LogP contribution in [0.2, 0.25) is 0 Å². The van der Waals surface area contributed by atoms with Crippen LogP contribution < -0.4 is 11.3 Å². The Hall–Kier alpha value is -1.33. The molecule has 0 radical (unpaired) electrons. The van der Waals surface area contributed by atoms with Gasteiger partial charge in [-0.2, -0.15) is 0 Å². The van der Waals surface area contributed by atoms with Crippen LogP contribution in [-0.4, -0.2) is 9.78 Å². The predicted molar refractivity (Wildman–Crippen MR) is 62.0 cm³/mol. The first-order valence-corrected chi connectivity index (χ1v) is 5.27. The summed E-state index contributed by atoms with van der Waals surface area (Å²) in [6, 6.07) is 7.48. The second-order valence-electron chi connectivity index (χ2n) is 3.12. The van der Waals surface area contributed by atoms with Crippen molar-refractivity contribution in [2.75, 3.05) is 0 Å². The number of nitrogens with two attached hydrogens (primary N) is 1. The summed E-state index contributed by atoms with van der Waals surface area (Å²) in [6.07, 6.45) is 1.63. The van der Waals surface area contributed by atoms with Crippen molar-refractivity contribution in [3.63, 3.8) is 0 Å². The number of hydrogen-bond donors (Lipinski definition) is 2. The topological polar surface area (TPSA) is 63.8 Å². The van der Waals surface area contributed by atoms with Crippen molar-refractivity contribution in [3.05, 3.63) is 50.9 Å². The fraction of sp³-hybridized carbons (Fsp3) is 0.100. The first-order valence-electron chi connectivity index (χ1n) is 4.47. The van der Waals surface area contributed by atoms with Gasteiger partial charge in [0.25, 0.3) is 5.56 Å². The summed E-state index contributed by atoms with van der Waals surface area (Å²) in [4.78, 5) is 11.7. The maximum atomic E-state index is 11.7. The number of nitrogens with one attached hydrogen (secondary N) is 1. The normalized spacial score (nSPS) is 10.5. The molecule has 0 atom stereocenters. The molecule has 2 rings (SSSR count). The third kappa shape index (κ3) is 1.88. The molecule has 0 aliphatic heterocycles. The zero-order valence-electron chi connectivity index (χ0n) is 7.90. The highest BCUT2D eigenvalue weighted by molar-refractivity contribution is 9.10. The Bertz CT molecular complexity index is 529. The van der Waals surface area contributed by atoms with Crippen LogP contribution in [0.5, 0.6) is 0 Å². The molecule has 78 valence electrons. The summed E-state index contributed by atoms with van der Waals surface area (Å²) in [5, 5.41) is 2.87. The minimum Gasteiger partial charge on any atom is -0.326 e. The van der Waals surface area contributed by atoms with E-state index in [0.29, 0.717) is 5.56 Å². The number of nitrogens with zero attached hydrogens (tertiary/aromatic N) is 1. The summed E-state index contributed by atoms with van der Waals surface area (Å²) in [5.74, 6) is 0. The molecule has 5 heteroatoms. The van der Waals surface area contributed by atoms with Crippen molar-refractivity contribution in [1.29, 1.82) is 0 Å². The minimum atomic E-state index is -0.101. The van der Waals surface area contributed by atoms with Crippen LogP contribution in [0, 0.1) is 0 Å². The van der Waals surface area contributed by atoms with Gasteiger partial charge in [-0.05, 0) is 18.2 Å². The maximum Gasteiger partial charge on any atom is 0.275 e. The lowest BCUT2D eigenvalue weighted by atomic mass is 10.3. The van der Waals surface area contributed by atoms with E-state index in [9.17, 15) is 4.79 Å².